The summed E-state index contributed by atoms with van der Waals surface area (Å²) in [5.41, 5.74) is -13.0. The van der Waals surface area contributed by atoms with Crippen LogP contribution < -0.4 is 0 Å². The lowest BCUT2D eigenvalue weighted by atomic mass is 9.89. The molecule has 1 aliphatic rings. The van der Waals surface area contributed by atoms with E-state index >= 15 is 0 Å². The molecular formula is C11H14F6O6S3. The number of halogens is 6. The van der Waals surface area contributed by atoms with Crippen LogP contribution in [0.3, 0.4) is 0 Å². The standard InChI is InChI=1S/C11H14F6O6S3/c1-2-7-3-5-8(6-4-7)24(18,19)9(25(20,21)10(12,13)14)26(22,23)11(15,16)17/h2,7-9H,1,3-6H2. The van der Waals surface area contributed by atoms with Crippen LogP contribution in [0.4, 0.5) is 26.3 Å². The van der Waals surface area contributed by atoms with E-state index in [4.69, 9.17) is 0 Å². The molecule has 0 amide bonds. The normalized spacial score (nSPS) is 23.8. The fourth-order valence-electron chi connectivity index (χ4n) is 2.55. The highest BCUT2D eigenvalue weighted by Gasteiger charge is 2.68. The molecule has 0 aromatic carbocycles. The molecule has 6 nitrogen and oxygen atoms in total. The van der Waals surface area contributed by atoms with E-state index in [2.05, 4.69) is 6.58 Å². The van der Waals surface area contributed by atoms with E-state index in [-0.39, 0.29) is 18.8 Å². The molecule has 1 rings (SSSR count). The second-order valence-corrected chi connectivity index (χ2v) is 12.9. The third-order valence-electron chi connectivity index (χ3n) is 3.94. The van der Waals surface area contributed by atoms with Gasteiger partial charge in [-0.1, -0.05) is 6.08 Å². The zero-order chi connectivity index (χ0) is 20.8. The first-order chi connectivity index (χ1) is 11.4. The van der Waals surface area contributed by atoms with Crippen molar-refractivity contribution in [3.05, 3.63) is 12.7 Å². The summed E-state index contributed by atoms with van der Waals surface area (Å²) in [6.07, 6.45) is 0.419. The van der Waals surface area contributed by atoms with Crippen LogP contribution in [0.1, 0.15) is 25.7 Å². The average molecular weight is 452 g/mol. The van der Waals surface area contributed by atoms with Crippen LogP contribution in [-0.2, 0) is 29.5 Å². The largest absolute Gasteiger partial charge is 0.499 e. The Labute approximate surface area is 146 Å². The van der Waals surface area contributed by atoms with Gasteiger partial charge >= 0.3 is 11.0 Å². The van der Waals surface area contributed by atoms with Gasteiger partial charge in [0.25, 0.3) is 23.6 Å². The van der Waals surface area contributed by atoms with Gasteiger partial charge in [0.15, 0.2) is 9.84 Å². The molecule has 0 saturated heterocycles. The van der Waals surface area contributed by atoms with Crippen molar-refractivity contribution in [2.75, 3.05) is 0 Å². The third kappa shape index (κ3) is 4.03. The van der Waals surface area contributed by atoms with Crippen LogP contribution in [0.2, 0.25) is 0 Å². The number of hydrogen-bond acceptors (Lipinski definition) is 6. The van der Waals surface area contributed by atoms with Gasteiger partial charge in [-0.15, -0.1) is 6.58 Å². The van der Waals surface area contributed by atoms with Gasteiger partial charge in [0.05, 0.1) is 5.25 Å². The van der Waals surface area contributed by atoms with Crippen molar-refractivity contribution in [2.45, 2.75) is 45.9 Å². The van der Waals surface area contributed by atoms with Crippen molar-refractivity contribution in [1.82, 2.24) is 0 Å². The molecule has 0 bridgehead atoms. The molecule has 0 spiro atoms. The fourth-order valence-corrected chi connectivity index (χ4v) is 10.6. The number of sulfone groups is 3. The third-order valence-corrected chi connectivity index (χ3v) is 12.8. The quantitative estimate of drug-likeness (QED) is 0.469. The molecule has 26 heavy (non-hydrogen) atoms. The Hall–Kier alpha value is -0.830. The van der Waals surface area contributed by atoms with Crippen LogP contribution in [0.15, 0.2) is 12.7 Å². The molecule has 0 N–H and O–H groups in total. The number of rotatable bonds is 5. The van der Waals surface area contributed by atoms with Gasteiger partial charge in [0.2, 0.25) is 0 Å². The van der Waals surface area contributed by atoms with Crippen LogP contribution in [0.5, 0.6) is 0 Å². The SMILES string of the molecule is C=CC1CCC(S(=O)(=O)C(S(=O)(=O)C(F)(F)F)S(=O)(=O)C(F)(F)F)CC1. The van der Waals surface area contributed by atoms with Crippen molar-refractivity contribution in [1.29, 1.82) is 0 Å². The first-order valence-electron chi connectivity index (χ1n) is 6.86. The van der Waals surface area contributed by atoms with E-state index in [9.17, 15) is 51.6 Å². The Kier molecular flexibility index (Phi) is 6.22. The first kappa shape index (κ1) is 23.2. The Morgan fingerprint density at radius 1 is 0.769 bits per heavy atom. The minimum atomic E-state index is -7.22. The fraction of sp³-hybridized carbons (Fsp3) is 0.818. The van der Waals surface area contributed by atoms with Gasteiger partial charge in [0.1, 0.15) is 0 Å². The Balaban J connectivity index is 3.60. The molecule has 1 saturated carbocycles. The smallest absolute Gasteiger partial charge is 0.226 e. The van der Waals surface area contributed by atoms with Gasteiger partial charge in [0, 0.05) is 0 Å². The predicted molar refractivity (Wildman–Crippen MR) is 78.6 cm³/mol. The minimum absolute atomic E-state index is 0.00174. The van der Waals surface area contributed by atoms with Crippen molar-refractivity contribution in [2.24, 2.45) is 5.92 Å². The van der Waals surface area contributed by atoms with Crippen LogP contribution >= 0.6 is 0 Å². The Morgan fingerprint density at radius 2 is 1.12 bits per heavy atom. The molecule has 0 aromatic heterocycles. The Morgan fingerprint density at radius 3 is 1.38 bits per heavy atom. The lowest BCUT2D eigenvalue weighted by Crippen LogP contribution is -2.52. The highest BCUT2D eigenvalue weighted by Crippen LogP contribution is 2.42. The summed E-state index contributed by atoms with van der Waals surface area (Å²) in [4.78, 5) is 0. The van der Waals surface area contributed by atoms with Gasteiger partial charge < -0.3 is 0 Å². The van der Waals surface area contributed by atoms with Gasteiger partial charge in [-0.05, 0) is 31.6 Å². The van der Waals surface area contributed by atoms with Crippen LogP contribution in [0, 0.1) is 5.92 Å². The number of hydrogen-bond donors (Lipinski definition) is 0. The summed E-state index contributed by atoms with van der Waals surface area (Å²) >= 11 is 0. The minimum Gasteiger partial charge on any atom is -0.226 e. The maximum absolute atomic E-state index is 12.7. The van der Waals surface area contributed by atoms with Crippen molar-refractivity contribution in [3.8, 4) is 0 Å². The van der Waals surface area contributed by atoms with E-state index in [0.29, 0.717) is 0 Å². The van der Waals surface area contributed by atoms with Crippen LogP contribution in [-0.4, -0.2) is 45.4 Å². The van der Waals surface area contributed by atoms with Crippen molar-refractivity contribution in [3.63, 3.8) is 0 Å². The van der Waals surface area contributed by atoms with E-state index in [1.165, 1.54) is 6.08 Å². The van der Waals surface area contributed by atoms with Crippen molar-refractivity contribution < 1.29 is 51.6 Å². The van der Waals surface area contributed by atoms with E-state index < -0.39 is 62.5 Å². The molecule has 1 fully saturated rings. The predicted octanol–water partition coefficient (Wildman–Crippen LogP) is 2.30. The monoisotopic (exact) mass is 452 g/mol. The molecular weight excluding hydrogens is 438 g/mol. The molecule has 0 aromatic rings. The zero-order valence-electron chi connectivity index (χ0n) is 12.8. The van der Waals surface area contributed by atoms with E-state index in [1.807, 2.05) is 0 Å². The summed E-state index contributed by atoms with van der Waals surface area (Å²) in [6, 6.07) is 0. The van der Waals surface area contributed by atoms with Gasteiger partial charge in [-0.2, -0.15) is 26.3 Å². The summed E-state index contributed by atoms with van der Waals surface area (Å²) in [7, 11) is -20.3. The van der Waals surface area contributed by atoms with E-state index in [1.54, 1.807) is 0 Å². The molecule has 0 atom stereocenters. The average Bonchev–Trinajstić information content (AvgIpc) is 2.44. The maximum atomic E-state index is 12.7. The highest BCUT2D eigenvalue weighted by atomic mass is 32.3. The van der Waals surface area contributed by atoms with E-state index in [0.717, 1.165) is 0 Å². The summed E-state index contributed by atoms with van der Waals surface area (Å²) in [6.45, 7) is 3.41. The molecule has 0 heterocycles. The summed E-state index contributed by atoms with van der Waals surface area (Å²) in [5.74, 6) is -0.265. The molecule has 15 heteroatoms. The van der Waals surface area contributed by atoms with Crippen LogP contribution in [0.25, 0.3) is 0 Å². The second kappa shape index (κ2) is 6.96. The zero-order valence-corrected chi connectivity index (χ0v) is 15.2. The topological polar surface area (TPSA) is 102 Å². The highest BCUT2D eigenvalue weighted by molar-refractivity contribution is 8.24. The molecule has 154 valence electrons. The first-order valence-corrected chi connectivity index (χ1v) is 11.6. The summed E-state index contributed by atoms with van der Waals surface area (Å²) in [5, 5.41) is -1.97. The van der Waals surface area contributed by atoms with Gasteiger partial charge in [-0.3, -0.25) is 0 Å². The van der Waals surface area contributed by atoms with Gasteiger partial charge in [-0.25, -0.2) is 25.3 Å². The maximum Gasteiger partial charge on any atom is 0.499 e. The molecule has 0 radical (unpaired) electrons. The Bertz CT molecular complexity index is 801. The lowest BCUT2D eigenvalue weighted by molar-refractivity contribution is -0.0462. The molecule has 1 aliphatic carbocycles. The molecule has 0 aliphatic heterocycles. The number of allylic oxidation sites excluding steroid dienone is 1. The number of alkyl halides is 6. The van der Waals surface area contributed by atoms with Crippen molar-refractivity contribution >= 4 is 29.5 Å². The lowest BCUT2D eigenvalue weighted by Gasteiger charge is -2.30. The summed E-state index contributed by atoms with van der Waals surface area (Å²) < 4.78 is 142. The second-order valence-electron chi connectivity index (χ2n) is 5.63. The molecule has 0 unspecified atom stereocenters.